The van der Waals surface area contributed by atoms with Gasteiger partial charge in [-0.05, 0) is 30.8 Å². The van der Waals surface area contributed by atoms with Crippen molar-refractivity contribution in [2.45, 2.75) is 6.92 Å². The molecule has 0 bridgehead atoms. The van der Waals surface area contributed by atoms with Crippen LogP contribution in [-0.4, -0.2) is 33.1 Å². The van der Waals surface area contributed by atoms with Crippen LogP contribution in [0.3, 0.4) is 0 Å². The molecule has 0 N–H and O–H groups in total. The van der Waals surface area contributed by atoms with Gasteiger partial charge in [-0.25, -0.2) is 9.50 Å². The molecule has 0 saturated heterocycles. The molecule has 1 aliphatic heterocycles. The van der Waals surface area contributed by atoms with Crippen molar-refractivity contribution in [2.24, 2.45) is 0 Å². The van der Waals surface area contributed by atoms with Crippen molar-refractivity contribution in [3.8, 4) is 0 Å². The first-order valence-electron chi connectivity index (χ1n) is 5.64. The lowest BCUT2D eigenvalue weighted by molar-refractivity contribution is 0.506. The van der Waals surface area contributed by atoms with E-state index >= 15 is 0 Å². The molecular formula is C13H14N4. The highest BCUT2D eigenvalue weighted by atomic mass is 15.2. The van der Waals surface area contributed by atoms with Crippen LogP contribution in [0.15, 0.2) is 36.8 Å². The van der Waals surface area contributed by atoms with Gasteiger partial charge in [0.2, 0.25) is 0 Å². The summed E-state index contributed by atoms with van der Waals surface area (Å²) in [6.45, 7) is 2.95. The van der Waals surface area contributed by atoms with Crippen LogP contribution in [-0.2, 0) is 0 Å². The number of allylic oxidation sites excluding steroid dienone is 2. The Labute approximate surface area is 99.9 Å². The highest BCUT2D eigenvalue weighted by Crippen LogP contribution is 2.18. The minimum absolute atomic E-state index is 0.927. The third-order valence-electron chi connectivity index (χ3n) is 2.95. The molecule has 4 heteroatoms. The average molecular weight is 226 g/mol. The number of nitrogens with zero attached hydrogens (tertiary/aromatic N) is 4. The van der Waals surface area contributed by atoms with Gasteiger partial charge in [0.25, 0.3) is 0 Å². The summed E-state index contributed by atoms with van der Waals surface area (Å²) in [6, 6.07) is 2.00. The van der Waals surface area contributed by atoms with Gasteiger partial charge in [0.05, 0.1) is 11.9 Å². The molecule has 0 fully saturated rings. The van der Waals surface area contributed by atoms with Crippen LogP contribution in [0, 0.1) is 6.92 Å². The van der Waals surface area contributed by atoms with Crippen molar-refractivity contribution in [1.29, 1.82) is 0 Å². The topological polar surface area (TPSA) is 33.4 Å². The van der Waals surface area contributed by atoms with Gasteiger partial charge in [0.15, 0.2) is 5.65 Å². The first-order valence-corrected chi connectivity index (χ1v) is 5.64. The van der Waals surface area contributed by atoms with E-state index < -0.39 is 0 Å². The summed E-state index contributed by atoms with van der Waals surface area (Å²) in [6.07, 6.45) is 10.1. The molecule has 86 valence electrons. The fraction of sp³-hybridized carbons (Fsp3) is 0.231. The van der Waals surface area contributed by atoms with E-state index in [9.17, 15) is 0 Å². The van der Waals surface area contributed by atoms with E-state index in [-0.39, 0.29) is 0 Å². The Hall–Kier alpha value is -2.10. The summed E-state index contributed by atoms with van der Waals surface area (Å²) in [5.74, 6) is 0. The van der Waals surface area contributed by atoms with E-state index in [0.29, 0.717) is 0 Å². The largest absolute Gasteiger partial charge is 0.377 e. The number of hydrogen-bond donors (Lipinski definition) is 0. The number of fused-ring (bicyclic) bond motifs is 1. The quantitative estimate of drug-likeness (QED) is 0.744. The lowest BCUT2D eigenvalue weighted by Gasteiger charge is -2.16. The molecular weight excluding hydrogens is 212 g/mol. The minimum Gasteiger partial charge on any atom is -0.377 e. The number of likely N-dealkylation sites (N-methyl/N-ethyl adjacent to an activating group) is 1. The molecule has 0 saturated carbocycles. The second-order valence-corrected chi connectivity index (χ2v) is 4.32. The molecule has 0 aliphatic carbocycles. The third-order valence-corrected chi connectivity index (χ3v) is 2.95. The molecule has 4 nitrogen and oxygen atoms in total. The van der Waals surface area contributed by atoms with Gasteiger partial charge in [-0.3, -0.25) is 0 Å². The van der Waals surface area contributed by atoms with Crippen molar-refractivity contribution in [1.82, 2.24) is 19.5 Å². The number of rotatable bonds is 1. The Morgan fingerprint density at radius 2 is 2.24 bits per heavy atom. The van der Waals surface area contributed by atoms with Gasteiger partial charge < -0.3 is 4.90 Å². The van der Waals surface area contributed by atoms with Crippen molar-refractivity contribution in [3.05, 3.63) is 48.1 Å². The van der Waals surface area contributed by atoms with Crippen LogP contribution in [0.25, 0.3) is 11.2 Å². The smallest absolute Gasteiger partial charge is 0.158 e. The van der Waals surface area contributed by atoms with Crippen LogP contribution in [0.5, 0.6) is 0 Å². The highest BCUT2D eigenvalue weighted by molar-refractivity contribution is 5.73. The third kappa shape index (κ3) is 1.71. The summed E-state index contributed by atoms with van der Waals surface area (Å²) < 4.78 is 1.80. The van der Waals surface area contributed by atoms with E-state index in [0.717, 1.165) is 23.4 Å². The summed E-state index contributed by atoms with van der Waals surface area (Å²) >= 11 is 0. The maximum atomic E-state index is 4.65. The lowest BCUT2D eigenvalue weighted by atomic mass is 10.1. The lowest BCUT2D eigenvalue weighted by Crippen LogP contribution is -2.13. The molecule has 0 radical (unpaired) electrons. The summed E-state index contributed by atoms with van der Waals surface area (Å²) in [7, 11) is 2.06. The molecule has 0 aromatic carbocycles. The van der Waals surface area contributed by atoms with Crippen LogP contribution in [0.1, 0.15) is 11.3 Å². The molecule has 17 heavy (non-hydrogen) atoms. The zero-order chi connectivity index (χ0) is 11.8. The monoisotopic (exact) mass is 226 g/mol. The molecule has 2 aromatic rings. The Bertz CT molecular complexity index is 621. The SMILES string of the molecule is Cc1cnn2ccc(C3=CCN(C)C=C3)nc12. The van der Waals surface area contributed by atoms with Gasteiger partial charge >= 0.3 is 0 Å². The van der Waals surface area contributed by atoms with Gasteiger partial charge in [0.1, 0.15) is 0 Å². The number of hydrogen-bond acceptors (Lipinski definition) is 3. The average Bonchev–Trinajstić information content (AvgIpc) is 2.72. The molecule has 2 aromatic heterocycles. The fourth-order valence-electron chi connectivity index (χ4n) is 1.91. The summed E-state index contributed by atoms with van der Waals surface area (Å²) in [4.78, 5) is 6.78. The number of aromatic nitrogens is 3. The van der Waals surface area contributed by atoms with E-state index in [4.69, 9.17) is 0 Å². The molecule has 0 spiro atoms. The van der Waals surface area contributed by atoms with Crippen molar-refractivity contribution in [2.75, 3.05) is 13.6 Å². The van der Waals surface area contributed by atoms with E-state index in [1.807, 2.05) is 25.4 Å². The number of aryl methyl sites for hydroxylation is 1. The molecule has 3 heterocycles. The molecule has 0 atom stereocenters. The Morgan fingerprint density at radius 3 is 3.00 bits per heavy atom. The molecule has 0 unspecified atom stereocenters. The molecule has 1 aliphatic rings. The van der Waals surface area contributed by atoms with Gasteiger partial charge in [0, 0.05) is 25.4 Å². The predicted molar refractivity (Wildman–Crippen MR) is 67.5 cm³/mol. The Balaban J connectivity index is 2.06. The second-order valence-electron chi connectivity index (χ2n) is 4.32. The first kappa shape index (κ1) is 10.1. The van der Waals surface area contributed by atoms with Crippen molar-refractivity contribution in [3.63, 3.8) is 0 Å². The van der Waals surface area contributed by atoms with E-state index in [2.05, 4.69) is 40.4 Å². The molecule has 3 rings (SSSR count). The molecule has 0 amide bonds. The Kier molecular flexibility index (Phi) is 2.21. The Morgan fingerprint density at radius 1 is 1.35 bits per heavy atom. The second kappa shape index (κ2) is 3.73. The normalized spacial score (nSPS) is 15.4. The zero-order valence-electron chi connectivity index (χ0n) is 9.96. The van der Waals surface area contributed by atoms with E-state index in [1.165, 1.54) is 5.57 Å². The van der Waals surface area contributed by atoms with Crippen LogP contribution < -0.4 is 0 Å². The summed E-state index contributed by atoms with van der Waals surface area (Å²) in [5.41, 5.74) is 4.21. The highest BCUT2D eigenvalue weighted by Gasteiger charge is 2.07. The predicted octanol–water partition coefficient (Wildman–Crippen LogP) is 1.88. The maximum Gasteiger partial charge on any atom is 0.158 e. The van der Waals surface area contributed by atoms with Crippen LogP contribution >= 0.6 is 0 Å². The minimum atomic E-state index is 0.927. The van der Waals surface area contributed by atoms with Gasteiger partial charge in [-0.1, -0.05) is 6.08 Å². The van der Waals surface area contributed by atoms with Crippen LogP contribution in [0.4, 0.5) is 0 Å². The standard InChI is InChI=1S/C13H14N4/c1-10-9-14-17-8-5-12(15-13(10)17)11-3-6-16(2)7-4-11/h3-6,8-9H,7H2,1-2H3. The fourth-order valence-corrected chi connectivity index (χ4v) is 1.91. The van der Waals surface area contributed by atoms with Gasteiger partial charge in [-0.2, -0.15) is 5.10 Å². The summed E-state index contributed by atoms with van der Waals surface area (Å²) in [5, 5.41) is 4.23. The first-order chi connectivity index (χ1) is 8.24. The zero-order valence-corrected chi connectivity index (χ0v) is 9.96. The van der Waals surface area contributed by atoms with E-state index in [1.54, 1.807) is 4.52 Å². The van der Waals surface area contributed by atoms with Gasteiger partial charge in [-0.15, -0.1) is 0 Å². The van der Waals surface area contributed by atoms with Crippen molar-refractivity contribution < 1.29 is 0 Å². The maximum absolute atomic E-state index is 4.65. The van der Waals surface area contributed by atoms with Crippen molar-refractivity contribution >= 4 is 11.2 Å². The van der Waals surface area contributed by atoms with Crippen LogP contribution in [0.2, 0.25) is 0 Å².